The SMILES string of the molecule is Cc1nc(F)ccc1C(C)Br. The van der Waals surface area contributed by atoms with Gasteiger partial charge in [-0.2, -0.15) is 4.39 Å². The van der Waals surface area contributed by atoms with Crippen LogP contribution >= 0.6 is 15.9 Å². The third kappa shape index (κ3) is 1.99. The minimum absolute atomic E-state index is 0.232. The molecule has 0 N–H and O–H groups in total. The zero-order valence-corrected chi connectivity index (χ0v) is 8.02. The van der Waals surface area contributed by atoms with Gasteiger partial charge in [0.1, 0.15) is 0 Å². The molecule has 0 aromatic carbocycles. The molecule has 0 aliphatic heterocycles. The molecule has 3 heteroatoms. The van der Waals surface area contributed by atoms with Gasteiger partial charge in [0, 0.05) is 10.5 Å². The van der Waals surface area contributed by atoms with E-state index in [1.807, 2.05) is 6.92 Å². The van der Waals surface area contributed by atoms with E-state index < -0.39 is 5.95 Å². The van der Waals surface area contributed by atoms with Crippen LogP contribution in [0.3, 0.4) is 0 Å². The van der Waals surface area contributed by atoms with Crippen molar-refractivity contribution >= 4 is 15.9 Å². The van der Waals surface area contributed by atoms with Crippen molar-refractivity contribution in [2.75, 3.05) is 0 Å². The maximum absolute atomic E-state index is 12.5. The van der Waals surface area contributed by atoms with Crippen LogP contribution in [0.15, 0.2) is 12.1 Å². The topological polar surface area (TPSA) is 12.9 Å². The number of pyridine rings is 1. The van der Waals surface area contributed by atoms with Crippen molar-refractivity contribution in [1.29, 1.82) is 0 Å². The van der Waals surface area contributed by atoms with Crippen LogP contribution in [0.25, 0.3) is 0 Å². The van der Waals surface area contributed by atoms with Crippen LogP contribution in [-0.2, 0) is 0 Å². The van der Waals surface area contributed by atoms with Crippen LogP contribution < -0.4 is 0 Å². The Hall–Kier alpha value is -0.440. The van der Waals surface area contributed by atoms with E-state index in [-0.39, 0.29) is 4.83 Å². The molecule has 0 saturated carbocycles. The number of hydrogen-bond acceptors (Lipinski definition) is 1. The summed E-state index contributed by atoms with van der Waals surface area (Å²) in [6.45, 7) is 3.79. The van der Waals surface area contributed by atoms with Crippen molar-refractivity contribution in [2.45, 2.75) is 18.7 Å². The lowest BCUT2D eigenvalue weighted by Crippen LogP contribution is -1.94. The van der Waals surface area contributed by atoms with Gasteiger partial charge in [-0.15, -0.1) is 0 Å². The van der Waals surface area contributed by atoms with Crippen molar-refractivity contribution in [3.8, 4) is 0 Å². The number of alkyl halides is 1. The number of halogens is 2. The van der Waals surface area contributed by atoms with E-state index in [1.54, 1.807) is 13.0 Å². The predicted molar refractivity (Wildman–Crippen MR) is 46.3 cm³/mol. The molecule has 1 heterocycles. The van der Waals surface area contributed by atoms with Gasteiger partial charge in [-0.1, -0.05) is 22.0 Å². The Morgan fingerprint density at radius 1 is 1.55 bits per heavy atom. The minimum atomic E-state index is -0.417. The molecule has 11 heavy (non-hydrogen) atoms. The first-order chi connectivity index (χ1) is 5.11. The quantitative estimate of drug-likeness (QED) is 0.521. The Morgan fingerprint density at radius 2 is 2.18 bits per heavy atom. The van der Waals surface area contributed by atoms with Crippen molar-refractivity contribution in [3.63, 3.8) is 0 Å². The van der Waals surface area contributed by atoms with Gasteiger partial charge >= 0.3 is 0 Å². The van der Waals surface area contributed by atoms with Crippen molar-refractivity contribution < 1.29 is 4.39 Å². The second-order valence-electron chi connectivity index (χ2n) is 2.42. The molecule has 0 amide bonds. The zero-order valence-electron chi connectivity index (χ0n) is 6.44. The Bertz CT molecular complexity index is 260. The summed E-state index contributed by atoms with van der Waals surface area (Å²) in [7, 11) is 0. The molecular formula is C8H9BrFN. The van der Waals surface area contributed by atoms with Gasteiger partial charge in [-0.25, -0.2) is 4.98 Å². The van der Waals surface area contributed by atoms with Gasteiger partial charge in [0.25, 0.3) is 0 Å². The summed E-state index contributed by atoms with van der Waals surface area (Å²) >= 11 is 3.40. The van der Waals surface area contributed by atoms with Crippen LogP contribution in [0.5, 0.6) is 0 Å². The Balaban J connectivity index is 3.09. The van der Waals surface area contributed by atoms with Gasteiger partial charge in [-0.05, 0) is 25.5 Å². The fourth-order valence-corrected chi connectivity index (χ4v) is 1.45. The van der Waals surface area contributed by atoms with Crippen LogP contribution in [-0.4, -0.2) is 4.98 Å². The molecule has 0 saturated heterocycles. The summed E-state index contributed by atoms with van der Waals surface area (Å²) in [4.78, 5) is 3.93. The fourth-order valence-electron chi connectivity index (χ4n) is 0.962. The van der Waals surface area contributed by atoms with E-state index in [0.717, 1.165) is 11.3 Å². The summed E-state index contributed by atoms with van der Waals surface area (Å²) in [5.41, 5.74) is 1.78. The largest absolute Gasteiger partial charge is 0.225 e. The van der Waals surface area contributed by atoms with E-state index in [4.69, 9.17) is 0 Å². The lowest BCUT2D eigenvalue weighted by atomic mass is 10.1. The van der Waals surface area contributed by atoms with Crippen molar-refractivity contribution in [3.05, 3.63) is 29.3 Å². The number of aromatic nitrogens is 1. The van der Waals surface area contributed by atoms with E-state index in [0.29, 0.717) is 0 Å². The van der Waals surface area contributed by atoms with E-state index in [2.05, 4.69) is 20.9 Å². The van der Waals surface area contributed by atoms with Crippen molar-refractivity contribution in [2.24, 2.45) is 0 Å². The normalized spacial score (nSPS) is 13.1. The monoisotopic (exact) mass is 217 g/mol. The van der Waals surface area contributed by atoms with Crippen molar-refractivity contribution in [1.82, 2.24) is 4.98 Å². The lowest BCUT2D eigenvalue weighted by Gasteiger charge is -2.05. The van der Waals surface area contributed by atoms with E-state index in [9.17, 15) is 4.39 Å². The highest BCUT2D eigenvalue weighted by Crippen LogP contribution is 2.23. The maximum Gasteiger partial charge on any atom is 0.213 e. The fraction of sp³-hybridized carbons (Fsp3) is 0.375. The first-order valence-electron chi connectivity index (χ1n) is 3.38. The molecule has 1 aromatic heterocycles. The Kier molecular flexibility index (Phi) is 2.60. The van der Waals surface area contributed by atoms with Gasteiger partial charge in [0.15, 0.2) is 0 Å². The number of rotatable bonds is 1. The van der Waals surface area contributed by atoms with Crippen LogP contribution in [0.2, 0.25) is 0 Å². The Labute approximate surface area is 73.8 Å². The van der Waals surface area contributed by atoms with Gasteiger partial charge in [0.2, 0.25) is 5.95 Å². The van der Waals surface area contributed by atoms with Crippen LogP contribution in [0.4, 0.5) is 4.39 Å². The highest BCUT2D eigenvalue weighted by atomic mass is 79.9. The summed E-state index contributed by atoms with van der Waals surface area (Å²) < 4.78 is 12.5. The van der Waals surface area contributed by atoms with E-state index >= 15 is 0 Å². The molecule has 1 atom stereocenters. The smallest absolute Gasteiger partial charge is 0.213 e. The molecule has 60 valence electrons. The molecule has 0 spiro atoms. The summed E-state index contributed by atoms with van der Waals surface area (Å²) in [6.07, 6.45) is 0. The second kappa shape index (κ2) is 3.30. The van der Waals surface area contributed by atoms with Crippen LogP contribution in [0.1, 0.15) is 23.0 Å². The molecular weight excluding hydrogens is 209 g/mol. The third-order valence-electron chi connectivity index (χ3n) is 1.52. The average Bonchev–Trinajstić information content (AvgIpc) is 1.85. The second-order valence-corrected chi connectivity index (χ2v) is 3.80. The standard InChI is InChI=1S/C8H9BrFN/c1-5(9)7-3-4-8(10)11-6(7)2/h3-5H,1-2H3. The number of hydrogen-bond donors (Lipinski definition) is 0. The molecule has 0 aliphatic carbocycles. The average molecular weight is 218 g/mol. The lowest BCUT2D eigenvalue weighted by molar-refractivity contribution is 0.578. The predicted octanol–water partition coefficient (Wildman–Crippen LogP) is 2.99. The molecule has 1 nitrogen and oxygen atoms in total. The molecule has 1 rings (SSSR count). The third-order valence-corrected chi connectivity index (χ3v) is 2.01. The first kappa shape index (κ1) is 8.65. The molecule has 0 aliphatic rings. The van der Waals surface area contributed by atoms with Gasteiger partial charge in [-0.3, -0.25) is 0 Å². The molecule has 0 fully saturated rings. The highest BCUT2D eigenvalue weighted by molar-refractivity contribution is 9.09. The van der Waals surface area contributed by atoms with E-state index in [1.165, 1.54) is 6.07 Å². The summed E-state index contributed by atoms with van der Waals surface area (Å²) in [5, 5.41) is 0. The molecule has 0 radical (unpaired) electrons. The number of aryl methyl sites for hydroxylation is 1. The minimum Gasteiger partial charge on any atom is -0.225 e. The maximum atomic E-state index is 12.5. The van der Waals surface area contributed by atoms with Crippen LogP contribution in [0, 0.1) is 12.9 Å². The summed E-state index contributed by atoms with van der Waals surface area (Å²) in [5.74, 6) is -0.417. The molecule has 1 unspecified atom stereocenters. The van der Waals surface area contributed by atoms with Gasteiger partial charge in [0.05, 0.1) is 0 Å². The molecule has 1 aromatic rings. The Morgan fingerprint density at radius 3 is 2.64 bits per heavy atom. The zero-order chi connectivity index (χ0) is 8.43. The first-order valence-corrected chi connectivity index (χ1v) is 4.30. The number of nitrogens with zero attached hydrogens (tertiary/aromatic N) is 1. The van der Waals surface area contributed by atoms with Gasteiger partial charge < -0.3 is 0 Å². The highest BCUT2D eigenvalue weighted by Gasteiger charge is 2.05. The molecule has 0 bridgehead atoms. The summed E-state index contributed by atoms with van der Waals surface area (Å²) in [6, 6.07) is 3.12.